The van der Waals surface area contributed by atoms with Gasteiger partial charge in [0.05, 0.1) is 4.34 Å². The van der Waals surface area contributed by atoms with E-state index in [4.69, 9.17) is 11.6 Å². The van der Waals surface area contributed by atoms with E-state index in [2.05, 4.69) is 54.4 Å². The van der Waals surface area contributed by atoms with Crippen LogP contribution in [0, 0.1) is 0 Å². The first kappa shape index (κ1) is 16.2. The number of rotatable bonds is 5. The van der Waals surface area contributed by atoms with Crippen LogP contribution in [0.3, 0.4) is 0 Å². The molecule has 1 aliphatic rings. The van der Waals surface area contributed by atoms with Crippen molar-refractivity contribution in [2.24, 2.45) is 0 Å². The Bertz CT molecular complexity index is 425. The lowest BCUT2D eigenvalue weighted by atomic mass is 10.0. The van der Waals surface area contributed by atoms with Gasteiger partial charge in [-0.2, -0.15) is 0 Å². The number of nitrogens with zero attached hydrogens (tertiary/aromatic N) is 2. The molecule has 0 saturated carbocycles. The number of nitrogens with one attached hydrogen (secondary N) is 1. The van der Waals surface area contributed by atoms with Gasteiger partial charge in [-0.05, 0) is 44.8 Å². The van der Waals surface area contributed by atoms with E-state index in [-0.39, 0.29) is 5.54 Å². The number of hydrogen-bond donors (Lipinski definition) is 1. The molecular formula is C15H26ClN3S. The van der Waals surface area contributed by atoms with Crippen LogP contribution < -0.4 is 5.32 Å². The first-order valence-corrected chi connectivity index (χ1v) is 8.55. The fraction of sp³-hybridized carbons (Fsp3) is 0.733. The maximum absolute atomic E-state index is 6.01. The van der Waals surface area contributed by atoms with Gasteiger partial charge >= 0.3 is 0 Å². The lowest BCUT2D eigenvalue weighted by molar-refractivity contribution is 0.0605. The van der Waals surface area contributed by atoms with Crippen molar-refractivity contribution in [3.05, 3.63) is 21.3 Å². The summed E-state index contributed by atoms with van der Waals surface area (Å²) in [6.07, 6.45) is 0. The van der Waals surface area contributed by atoms with Crippen molar-refractivity contribution in [1.29, 1.82) is 0 Å². The van der Waals surface area contributed by atoms with E-state index >= 15 is 0 Å². The van der Waals surface area contributed by atoms with E-state index in [1.807, 2.05) is 0 Å². The Morgan fingerprint density at radius 2 is 2.00 bits per heavy atom. The molecule has 2 heterocycles. The fourth-order valence-corrected chi connectivity index (χ4v) is 3.58. The number of thiophene rings is 1. The molecule has 3 nitrogen and oxygen atoms in total. The maximum Gasteiger partial charge on any atom is 0.0931 e. The Balaban J connectivity index is 1.85. The zero-order valence-electron chi connectivity index (χ0n) is 12.9. The maximum atomic E-state index is 6.01. The van der Waals surface area contributed by atoms with E-state index in [0.717, 1.165) is 24.0 Å². The number of hydrogen-bond acceptors (Lipinski definition) is 4. The normalized spacial score (nSPS) is 20.2. The van der Waals surface area contributed by atoms with Crippen LogP contribution in [0.15, 0.2) is 11.4 Å². The summed E-state index contributed by atoms with van der Waals surface area (Å²) in [7, 11) is 2.20. The van der Waals surface area contributed by atoms with E-state index in [1.54, 1.807) is 11.3 Å². The van der Waals surface area contributed by atoms with Crippen LogP contribution in [0.4, 0.5) is 0 Å². The van der Waals surface area contributed by atoms with E-state index in [9.17, 15) is 0 Å². The summed E-state index contributed by atoms with van der Waals surface area (Å²) < 4.78 is 0.868. The third-order valence-corrected chi connectivity index (χ3v) is 5.40. The molecule has 2 rings (SSSR count). The summed E-state index contributed by atoms with van der Waals surface area (Å²) in [5.41, 5.74) is 1.48. The predicted octanol–water partition coefficient (Wildman–Crippen LogP) is 3.08. The van der Waals surface area contributed by atoms with Crippen molar-refractivity contribution in [3.8, 4) is 0 Å². The third-order valence-electron chi connectivity index (χ3n) is 4.29. The Morgan fingerprint density at radius 1 is 1.35 bits per heavy atom. The van der Waals surface area contributed by atoms with Crippen LogP contribution in [0.25, 0.3) is 0 Å². The van der Waals surface area contributed by atoms with Crippen LogP contribution in [-0.4, -0.2) is 55.1 Å². The van der Waals surface area contributed by atoms with Gasteiger partial charge in [-0.1, -0.05) is 11.6 Å². The molecule has 1 atom stereocenters. The van der Waals surface area contributed by atoms with Crippen molar-refractivity contribution in [3.63, 3.8) is 0 Å². The molecule has 20 heavy (non-hydrogen) atoms. The molecule has 1 fully saturated rings. The average Bonchev–Trinajstić information content (AvgIpc) is 2.83. The molecule has 114 valence electrons. The summed E-state index contributed by atoms with van der Waals surface area (Å²) in [6.45, 7) is 12.5. The minimum Gasteiger partial charge on any atom is -0.308 e. The van der Waals surface area contributed by atoms with Gasteiger partial charge in [-0.3, -0.25) is 4.90 Å². The lowest BCUT2D eigenvalue weighted by Gasteiger charge is -2.43. The zero-order valence-corrected chi connectivity index (χ0v) is 14.5. The molecule has 0 spiro atoms. The van der Waals surface area contributed by atoms with Gasteiger partial charge in [0.15, 0.2) is 0 Å². The first-order valence-electron chi connectivity index (χ1n) is 7.29. The van der Waals surface area contributed by atoms with Crippen LogP contribution in [0.2, 0.25) is 4.34 Å². The highest BCUT2D eigenvalue weighted by molar-refractivity contribution is 7.14. The SMILES string of the molecule is CC(NCC(C)(C)N1CCN(C)CC1)c1csc(Cl)c1. The molecule has 0 bridgehead atoms. The molecule has 5 heteroatoms. The quantitative estimate of drug-likeness (QED) is 0.901. The highest BCUT2D eigenvalue weighted by Crippen LogP contribution is 2.25. The zero-order chi connectivity index (χ0) is 14.8. The standard InChI is InChI=1S/C15H26ClN3S/c1-12(13-9-14(16)20-10-13)17-11-15(2,3)19-7-5-18(4)6-8-19/h9-10,12,17H,5-8,11H2,1-4H3. The largest absolute Gasteiger partial charge is 0.308 e. The molecule has 1 N–H and O–H groups in total. The second-order valence-electron chi connectivity index (χ2n) is 6.39. The predicted molar refractivity (Wildman–Crippen MR) is 88.9 cm³/mol. The van der Waals surface area contributed by atoms with Crippen LogP contribution in [0.5, 0.6) is 0 Å². The van der Waals surface area contributed by atoms with Gasteiger partial charge in [0.1, 0.15) is 0 Å². The van der Waals surface area contributed by atoms with Crippen molar-refractivity contribution in [2.45, 2.75) is 32.4 Å². The van der Waals surface area contributed by atoms with Crippen molar-refractivity contribution in [2.75, 3.05) is 39.8 Å². The van der Waals surface area contributed by atoms with Crippen LogP contribution in [-0.2, 0) is 0 Å². The molecule has 1 saturated heterocycles. The second-order valence-corrected chi connectivity index (χ2v) is 7.93. The highest BCUT2D eigenvalue weighted by atomic mass is 35.5. The van der Waals surface area contributed by atoms with Gasteiger partial charge in [0.25, 0.3) is 0 Å². The van der Waals surface area contributed by atoms with E-state index in [0.29, 0.717) is 6.04 Å². The van der Waals surface area contributed by atoms with Crippen LogP contribution in [0.1, 0.15) is 32.4 Å². The smallest absolute Gasteiger partial charge is 0.0931 e. The molecule has 0 aliphatic carbocycles. The molecule has 0 radical (unpaired) electrons. The molecule has 1 aliphatic heterocycles. The molecule has 1 aromatic rings. The molecule has 1 aromatic heterocycles. The average molecular weight is 316 g/mol. The molecule has 0 aromatic carbocycles. The van der Waals surface area contributed by atoms with Crippen LogP contribution >= 0.6 is 22.9 Å². The summed E-state index contributed by atoms with van der Waals surface area (Å²) in [4.78, 5) is 4.99. The Kier molecular flexibility index (Phi) is 5.49. The van der Waals surface area contributed by atoms with Gasteiger partial charge < -0.3 is 10.2 Å². The number of halogens is 1. The van der Waals surface area contributed by atoms with Gasteiger partial charge in [0.2, 0.25) is 0 Å². The van der Waals surface area contributed by atoms with Crippen molar-refractivity contribution >= 4 is 22.9 Å². The van der Waals surface area contributed by atoms with Gasteiger partial charge in [0, 0.05) is 44.3 Å². The Morgan fingerprint density at radius 3 is 2.55 bits per heavy atom. The summed E-state index contributed by atoms with van der Waals surface area (Å²) in [6, 6.07) is 2.41. The number of likely N-dealkylation sites (N-methyl/N-ethyl adjacent to an activating group) is 1. The number of piperazine rings is 1. The van der Waals surface area contributed by atoms with Crippen molar-refractivity contribution in [1.82, 2.24) is 15.1 Å². The van der Waals surface area contributed by atoms with Gasteiger partial charge in [-0.25, -0.2) is 0 Å². The summed E-state index contributed by atoms with van der Waals surface area (Å²) in [5, 5.41) is 5.80. The first-order chi connectivity index (χ1) is 9.38. The van der Waals surface area contributed by atoms with Crippen molar-refractivity contribution < 1.29 is 0 Å². The molecule has 1 unspecified atom stereocenters. The van der Waals surface area contributed by atoms with E-state index in [1.165, 1.54) is 18.7 Å². The minimum atomic E-state index is 0.190. The Labute approximate surface area is 131 Å². The lowest BCUT2D eigenvalue weighted by Crippen LogP contribution is -2.57. The van der Waals surface area contributed by atoms with Gasteiger partial charge in [-0.15, -0.1) is 11.3 Å². The fourth-order valence-electron chi connectivity index (χ4n) is 2.59. The third kappa shape index (κ3) is 4.18. The molecular weight excluding hydrogens is 290 g/mol. The summed E-state index contributed by atoms with van der Waals surface area (Å²) in [5.74, 6) is 0. The molecule has 0 amide bonds. The minimum absolute atomic E-state index is 0.190. The topological polar surface area (TPSA) is 18.5 Å². The Hall–Kier alpha value is -0.130. The second kappa shape index (κ2) is 6.75. The van der Waals surface area contributed by atoms with E-state index < -0.39 is 0 Å². The summed E-state index contributed by atoms with van der Waals surface area (Å²) >= 11 is 7.61. The highest BCUT2D eigenvalue weighted by Gasteiger charge is 2.29. The monoisotopic (exact) mass is 315 g/mol.